The first-order chi connectivity index (χ1) is 16.9. The summed E-state index contributed by atoms with van der Waals surface area (Å²) in [6.07, 6.45) is 5.18. The molecule has 1 N–H and O–H groups in total. The maximum Gasteiger partial charge on any atom is 0.241 e. The third-order valence-corrected chi connectivity index (χ3v) is 11.8. The van der Waals surface area contributed by atoms with Crippen molar-refractivity contribution in [2.24, 2.45) is 11.3 Å². The van der Waals surface area contributed by atoms with Gasteiger partial charge in [0.1, 0.15) is 0 Å². The predicted molar refractivity (Wildman–Crippen MR) is 142 cm³/mol. The zero-order valence-corrected chi connectivity index (χ0v) is 24.6. The zero-order valence-electron chi connectivity index (χ0n) is 21.4. The van der Waals surface area contributed by atoms with Gasteiger partial charge in [-0.3, -0.25) is 14.5 Å². The highest BCUT2D eigenvalue weighted by atomic mass is 127. The first-order valence-corrected chi connectivity index (χ1v) is 17.8. The lowest BCUT2D eigenvalue weighted by Crippen LogP contribution is -2.68. The number of Topliss-reactive ketones (excluding diaryl/α,β-unsaturated/α-hetero) is 1. The van der Waals surface area contributed by atoms with Gasteiger partial charge >= 0.3 is 0 Å². The number of ether oxygens (including phenoxy) is 3. The molecule has 0 aromatic carbocycles. The molecule has 8 nitrogen and oxygen atoms in total. The molecule has 2 heterocycles. The number of carbonyl (C=O) groups excluding carboxylic acids is 2. The number of fused-ring (bicyclic) bond motifs is 4. The number of amides is 1. The Labute approximate surface area is 227 Å². The first-order valence-electron chi connectivity index (χ1n) is 13.1. The monoisotopic (exact) mass is 629 g/mol. The van der Waals surface area contributed by atoms with E-state index in [9.17, 15) is 14.7 Å². The number of alkyl halides is 1. The molecule has 0 radical (unpaired) electrons. The van der Waals surface area contributed by atoms with Crippen LogP contribution in [0.5, 0.6) is 0 Å². The second-order valence-corrected chi connectivity index (χ2v) is 18.3. The summed E-state index contributed by atoms with van der Waals surface area (Å²) in [6.45, 7) is 9.72. The van der Waals surface area contributed by atoms with Crippen molar-refractivity contribution >= 4 is 43.1 Å². The van der Waals surface area contributed by atoms with E-state index < -0.39 is 26.1 Å². The van der Waals surface area contributed by atoms with Crippen molar-refractivity contribution in [3.63, 3.8) is 0 Å². The lowest BCUT2D eigenvalue weighted by molar-refractivity contribution is -0.292. The number of carbonyl (C=O) groups is 2. The van der Waals surface area contributed by atoms with Crippen molar-refractivity contribution in [1.29, 1.82) is 0 Å². The average molecular weight is 630 g/mol. The summed E-state index contributed by atoms with van der Waals surface area (Å²) in [5.41, 5.74) is 1.87. The molecule has 36 heavy (non-hydrogen) atoms. The van der Waals surface area contributed by atoms with Crippen LogP contribution in [0.4, 0.5) is 0 Å². The average Bonchev–Trinajstić information content (AvgIpc) is 3.34. The Kier molecular flexibility index (Phi) is 6.00. The van der Waals surface area contributed by atoms with Crippen LogP contribution in [0.15, 0.2) is 22.8 Å². The summed E-state index contributed by atoms with van der Waals surface area (Å²) in [6, 6.07) is -0.289. The molecule has 0 aromatic rings. The van der Waals surface area contributed by atoms with Crippen molar-refractivity contribution in [2.45, 2.75) is 99.0 Å². The fourth-order valence-corrected chi connectivity index (χ4v) is 10.7. The fraction of sp³-hybridized carbons (Fsp3) is 0.769. The van der Waals surface area contributed by atoms with Gasteiger partial charge < -0.3 is 23.7 Å². The minimum atomic E-state index is -1.98. The number of aliphatic hydroxyl groups is 1. The Morgan fingerprint density at radius 1 is 1.25 bits per heavy atom. The Balaban J connectivity index is 1.43. The van der Waals surface area contributed by atoms with Crippen LogP contribution >= 0.6 is 22.6 Å². The molecular weight excluding hydrogens is 593 g/mol. The molecule has 10 heteroatoms. The summed E-state index contributed by atoms with van der Waals surface area (Å²) >= 11 is 2.41. The van der Waals surface area contributed by atoms with E-state index in [0.717, 1.165) is 24.0 Å². The van der Waals surface area contributed by atoms with Crippen LogP contribution in [0.3, 0.4) is 0 Å². The SMILES string of the molecule is C[C@]12CC(=O)C3=C(CCC45CC(C(O[Si](C)(C)C)C(I)C4=C3)N(C=O)C(O)O5)[C@@H]1CCC21OCCO1. The molecule has 198 valence electrons. The van der Waals surface area contributed by atoms with Crippen molar-refractivity contribution in [1.82, 2.24) is 4.90 Å². The van der Waals surface area contributed by atoms with E-state index in [1.165, 1.54) is 10.5 Å². The van der Waals surface area contributed by atoms with E-state index in [4.69, 9.17) is 18.6 Å². The molecule has 2 saturated heterocycles. The second-order valence-electron chi connectivity index (χ2n) is 12.5. The van der Waals surface area contributed by atoms with Crippen LogP contribution in [0, 0.1) is 11.3 Å². The lowest BCUT2D eigenvalue weighted by Gasteiger charge is -2.57. The number of halogens is 1. The summed E-state index contributed by atoms with van der Waals surface area (Å²) in [7, 11) is -1.98. The van der Waals surface area contributed by atoms with Crippen LogP contribution < -0.4 is 0 Å². The maximum absolute atomic E-state index is 13.8. The molecule has 2 bridgehead atoms. The van der Waals surface area contributed by atoms with Crippen LogP contribution in [0.1, 0.15) is 45.4 Å². The minimum absolute atomic E-state index is 0.0904. The molecule has 7 atom stereocenters. The summed E-state index contributed by atoms with van der Waals surface area (Å²) < 4.78 is 25.2. The maximum atomic E-state index is 13.8. The van der Waals surface area contributed by atoms with E-state index in [1.54, 1.807) is 0 Å². The third-order valence-electron chi connectivity index (χ3n) is 9.46. The van der Waals surface area contributed by atoms with Gasteiger partial charge in [-0.1, -0.05) is 35.1 Å². The van der Waals surface area contributed by atoms with Gasteiger partial charge in [-0.15, -0.1) is 0 Å². The Morgan fingerprint density at radius 3 is 2.64 bits per heavy atom. The molecule has 2 aliphatic heterocycles. The van der Waals surface area contributed by atoms with Gasteiger partial charge in [-0.25, -0.2) is 0 Å². The van der Waals surface area contributed by atoms with Crippen LogP contribution in [0.25, 0.3) is 0 Å². The van der Waals surface area contributed by atoms with Crippen molar-refractivity contribution in [2.75, 3.05) is 13.2 Å². The molecular formula is C26H36INO7Si. The van der Waals surface area contributed by atoms with Gasteiger partial charge in [0.2, 0.25) is 12.8 Å². The first kappa shape index (κ1) is 25.6. The molecule has 6 aliphatic rings. The molecule has 4 fully saturated rings. The van der Waals surface area contributed by atoms with Gasteiger partial charge in [0.05, 0.1) is 34.9 Å². The topological polar surface area (TPSA) is 94.5 Å². The van der Waals surface area contributed by atoms with E-state index in [2.05, 4.69) is 55.2 Å². The van der Waals surface area contributed by atoms with Gasteiger partial charge in [0, 0.05) is 30.3 Å². The summed E-state index contributed by atoms with van der Waals surface area (Å²) in [5.74, 6) is -0.340. The Bertz CT molecular complexity index is 1050. The highest BCUT2D eigenvalue weighted by molar-refractivity contribution is 14.1. The minimum Gasteiger partial charge on any atom is -0.411 e. The number of hydrogen-bond acceptors (Lipinski definition) is 7. The van der Waals surface area contributed by atoms with Crippen molar-refractivity contribution in [3.8, 4) is 0 Å². The van der Waals surface area contributed by atoms with Crippen LogP contribution in [-0.4, -0.2) is 77.6 Å². The normalized spacial score (nSPS) is 43.6. The standard InChI is InChI=1S/C26H36INO7Si/c1-24-13-20(30)16-11-18-21(27)22(35-36(2,3)4)19-12-25(18,34-23(31)28(19)14-29)7-5-15(16)17(24)6-8-26(24)32-9-10-33-26/h11,14,17,19,21-23,31H,5-10,12-13H2,1-4H3/t17-,19?,21?,22?,23?,24-,25?/m0/s1. The highest BCUT2D eigenvalue weighted by Crippen LogP contribution is 2.63. The molecule has 0 aromatic heterocycles. The quantitative estimate of drug-likeness (QED) is 0.221. The molecule has 6 rings (SSSR count). The van der Waals surface area contributed by atoms with E-state index in [1.807, 2.05) is 0 Å². The number of ketones is 1. The highest BCUT2D eigenvalue weighted by Gasteiger charge is 2.65. The Hall–Kier alpha value is -0.633. The molecule has 5 unspecified atom stereocenters. The number of hydrogen-bond donors (Lipinski definition) is 1. The third kappa shape index (κ3) is 3.54. The van der Waals surface area contributed by atoms with E-state index >= 15 is 0 Å². The smallest absolute Gasteiger partial charge is 0.241 e. The summed E-state index contributed by atoms with van der Waals surface area (Å²) in [4.78, 5) is 27.2. The fourth-order valence-electron chi connectivity index (χ4n) is 7.93. The Morgan fingerprint density at radius 2 is 1.97 bits per heavy atom. The zero-order chi connectivity index (χ0) is 25.7. The van der Waals surface area contributed by atoms with Crippen molar-refractivity contribution in [3.05, 3.63) is 22.8 Å². The predicted octanol–water partition coefficient (Wildman–Crippen LogP) is 3.43. The largest absolute Gasteiger partial charge is 0.411 e. The molecule has 4 aliphatic carbocycles. The number of rotatable bonds is 3. The van der Waals surface area contributed by atoms with Gasteiger partial charge in [0.15, 0.2) is 19.9 Å². The van der Waals surface area contributed by atoms with Crippen molar-refractivity contribution < 1.29 is 33.3 Å². The summed E-state index contributed by atoms with van der Waals surface area (Å²) in [5, 5.41) is 10.9. The number of allylic oxidation sites excluding steroid dienone is 3. The van der Waals surface area contributed by atoms with Gasteiger partial charge in [-0.2, -0.15) is 0 Å². The lowest BCUT2D eigenvalue weighted by atomic mass is 9.63. The molecule has 1 amide bonds. The van der Waals surface area contributed by atoms with E-state index in [-0.39, 0.29) is 33.2 Å². The number of nitrogens with zero attached hydrogens (tertiary/aromatic N) is 1. The second kappa shape index (κ2) is 8.43. The van der Waals surface area contributed by atoms with E-state index in [0.29, 0.717) is 45.3 Å². The van der Waals surface area contributed by atoms with Gasteiger partial charge in [-0.05, 0) is 56.5 Å². The molecule has 2 saturated carbocycles. The molecule has 2 spiro atoms. The van der Waals surface area contributed by atoms with Crippen LogP contribution in [-0.2, 0) is 28.2 Å². The number of aliphatic hydroxyl groups excluding tert-OH is 1. The van der Waals surface area contributed by atoms with Gasteiger partial charge in [0.25, 0.3) is 0 Å². The van der Waals surface area contributed by atoms with Crippen LogP contribution in [0.2, 0.25) is 19.6 Å².